The van der Waals surface area contributed by atoms with Crippen LogP contribution in [0.15, 0.2) is 24.3 Å². The van der Waals surface area contributed by atoms with Crippen LogP contribution in [0, 0.1) is 0 Å². The zero-order chi connectivity index (χ0) is 13.0. The summed E-state index contributed by atoms with van der Waals surface area (Å²) >= 11 is 0. The summed E-state index contributed by atoms with van der Waals surface area (Å²) in [6.45, 7) is 6.80. The van der Waals surface area contributed by atoms with Crippen LogP contribution in [0.4, 0.5) is 0 Å². The lowest BCUT2D eigenvalue weighted by Crippen LogP contribution is -2.30. The molecule has 4 heteroatoms. The first-order valence-corrected chi connectivity index (χ1v) is 6.38. The number of hydrogen-bond donors (Lipinski definition) is 0. The maximum absolute atomic E-state index is 12.1. The molecule has 18 heavy (non-hydrogen) atoms. The van der Waals surface area contributed by atoms with Gasteiger partial charge in [-0.05, 0) is 38.1 Å². The minimum absolute atomic E-state index is 0.0667. The average Bonchev–Trinajstić information content (AvgIpc) is 3.22. The largest absolute Gasteiger partial charge is 0.491 e. The third-order valence-electron chi connectivity index (χ3n) is 2.99. The SMILES string of the molecule is CCN(CC)C(=O)c1ccc(OCC2CO2)cc1. The van der Waals surface area contributed by atoms with Crippen molar-refractivity contribution in [3.05, 3.63) is 29.8 Å². The third kappa shape index (κ3) is 3.23. The highest BCUT2D eigenvalue weighted by atomic mass is 16.6. The zero-order valence-corrected chi connectivity index (χ0v) is 10.9. The second kappa shape index (κ2) is 5.87. The lowest BCUT2D eigenvalue weighted by Gasteiger charge is -2.18. The van der Waals surface area contributed by atoms with Gasteiger partial charge in [0.15, 0.2) is 0 Å². The standard InChI is InChI=1S/C14H19NO3/c1-3-15(4-2)14(16)11-5-7-12(8-6-11)17-9-13-10-18-13/h5-8,13H,3-4,9-10H2,1-2H3. The van der Waals surface area contributed by atoms with Crippen LogP contribution >= 0.6 is 0 Å². The van der Waals surface area contributed by atoms with Crippen molar-refractivity contribution >= 4 is 5.91 Å². The molecule has 1 aromatic carbocycles. The van der Waals surface area contributed by atoms with Crippen LogP contribution in [-0.2, 0) is 4.74 Å². The van der Waals surface area contributed by atoms with Crippen molar-refractivity contribution in [3.63, 3.8) is 0 Å². The molecule has 0 bridgehead atoms. The molecule has 1 aliphatic heterocycles. The summed E-state index contributed by atoms with van der Waals surface area (Å²) in [5.74, 6) is 0.846. The Morgan fingerprint density at radius 2 is 1.94 bits per heavy atom. The van der Waals surface area contributed by atoms with Gasteiger partial charge in [0.05, 0.1) is 6.61 Å². The van der Waals surface area contributed by atoms with Gasteiger partial charge >= 0.3 is 0 Å². The highest BCUT2D eigenvalue weighted by molar-refractivity contribution is 5.94. The second-order valence-electron chi connectivity index (χ2n) is 4.27. The highest BCUT2D eigenvalue weighted by Gasteiger charge is 2.23. The van der Waals surface area contributed by atoms with E-state index in [-0.39, 0.29) is 12.0 Å². The normalized spacial score (nSPS) is 17.3. The zero-order valence-electron chi connectivity index (χ0n) is 10.9. The molecular weight excluding hydrogens is 230 g/mol. The second-order valence-corrected chi connectivity index (χ2v) is 4.27. The van der Waals surface area contributed by atoms with Gasteiger partial charge in [0.2, 0.25) is 0 Å². The van der Waals surface area contributed by atoms with Gasteiger partial charge in [-0.3, -0.25) is 4.79 Å². The molecule has 0 aromatic heterocycles. The maximum Gasteiger partial charge on any atom is 0.253 e. The van der Waals surface area contributed by atoms with Crippen molar-refractivity contribution in [2.75, 3.05) is 26.3 Å². The molecule has 1 amide bonds. The number of amides is 1. The number of benzene rings is 1. The van der Waals surface area contributed by atoms with E-state index in [1.54, 1.807) is 4.90 Å². The lowest BCUT2D eigenvalue weighted by atomic mass is 10.2. The first-order chi connectivity index (χ1) is 8.74. The van der Waals surface area contributed by atoms with Crippen LogP contribution in [0.2, 0.25) is 0 Å². The van der Waals surface area contributed by atoms with Crippen molar-refractivity contribution in [2.45, 2.75) is 20.0 Å². The molecule has 0 aliphatic carbocycles. The topological polar surface area (TPSA) is 42.1 Å². The highest BCUT2D eigenvalue weighted by Crippen LogP contribution is 2.16. The first-order valence-electron chi connectivity index (χ1n) is 6.38. The predicted molar refractivity (Wildman–Crippen MR) is 68.9 cm³/mol. The Bertz CT molecular complexity index is 394. The van der Waals surface area contributed by atoms with Crippen LogP contribution in [0.25, 0.3) is 0 Å². The molecule has 1 heterocycles. The smallest absolute Gasteiger partial charge is 0.253 e. The molecule has 1 saturated heterocycles. The Morgan fingerprint density at radius 3 is 2.44 bits per heavy atom. The van der Waals surface area contributed by atoms with Crippen LogP contribution in [0.3, 0.4) is 0 Å². The van der Waals surface area contributed by atoms with E-state index in [9.17, 15) is 4.79 Å². The third-order valence-corrected chi connectivity index (χ3v) is 2.99. The van der Waals surface area contributed by atoms with Crippen molar-refractivity contribution in [2.24, 2.45) is 0 Å². The van der Waals surface area contributed by atoms with Gasteiger partial charge in [0.1, 0.15) is 18.5 Å². The summed E-state index contributed by atoms with van der Waals surface area (Å²) in [5.41, 5.74) is 0.703. The van der Waals surface area contributed by atoms with Gasteiger partial charge in [-0.2, -0.15) is 0 Å². The Hall–Kier alpha value is -1.55. The lowest BCUT2D eigenvalue weighted by molar-refractivity contribution is 0.0773. The van der Waals surface area contributed by atoms with Gasteiger partial charge in [0.25, 0.3) is 5.91 Å². The Kier molecular flexibility index (Phi) is 4.20. The van der Waals surface area contributed by atoms with E-state index in [0.717, 1.165) is 25.4 Å². The fraction of sp³-hybridized carbons (Fsp3) is 0.500. The van der Waals surface area contributed by atoms with E-state index in [4.69, 9.17) is 9.47 Å². The molecule has 0 spiro atoms. The molecule has 0 saturated carbocycles. The van der Waals surface area contributed by atoms with Crippen LogP contribution in [-0.4, -0.2) is 43.2 Å². The summed E-state index contributed by atoms with van der Waals surface area (Å²) in [4.78, 5) is 13.9. The summed E-state index contributed by atoms with van der Waals surface area (Å²) < 4.78 is 10.6. The van der Waals surface area contributed by atoms with Crippen LogP contribution in [0.1, 0.15) is 24.2 Å². The predicted octanol–water partition coefficient (Wildman–Crippen LogP) is 1.95. The molecular formula is C14H19NO3. The molecule has 4 nitrogen and oxygen atoms in total. The average molecular weight is 249 g/mol. The Labute approximate surface area is 107 Å². The van der Waals surface area contributed by atoms with Gasteiger partial charge < -0.3 is 14.4 Å². The van der Waals surface area contributed by atoms with Gasteiger partial charge in [-0.15, -0.1) is 0 Å². The number of ether oxygens (including phenoxy) is 2. The maximum atomic E-state index is 12.1. The van der Waals surface area contributed by atoms with Gasteiger partial charge in [-0.25, -0.2) is 0 Å². The number of carbonyl (C=O) groups is 1. The summed E-state index contributed by atoms with van der Waals surface area (Å²) in [7, 11) is 0. The van der Waals surface area contributed by atoms with Crippen LogP contribution in [0.5, 0.6) is 5.75 Å². The van der Waals surface area contributed by atoms with Crippen LogP contribution < -0.4 is 4.74 Å². The fourth-order valence-corrected chi connectivity index (χ4v) is 1.74. The van der Waals surface area contributed by atoms with Crippen molar-refractivity contribution in [1.82, 2.24) is 4.90 Å². The monoisotopic (exact) mass is 249 g/mol. The Morgan fingerprint density at radius 1 is 1.33 bits per heavy atom. The van der Waals surface area contributed by atoms with E-state index in [2.05, 4.69) is 0 Å². The minimum atomic E-state index is 0.0667. The van der Waals surface area contributed by atoms with E-state index >= 15 is 0 Å². The van der Waals surface area contributed by atoms with Crippen molar-refractivity contribution in [3.8, 4) is 5.75 Å². The molecule has 2 rings (SSSR count). The first kappa shape index (κ1) is 12.9. The number of epoxide rings is 1. The molecule has 1 unspecified atom stereocenters. The van der Waals surface area contributed by atoms with E-state index < -0.39 is 0 Å². The molecule has 0 radical (unpaired) electrons. The molecule has 1 aromatic rings. The van der Waals surface area contributed by atoms with Crippen molar-refractivity contribution in [1.29, 1.82) is 0 Å². The minimum Gasteiger partial charge on any atom is -0.491 e. The van der Waals surface area contributed by atoms with Gasteiger partial charge in [0, 0.05) is 18.7 Å². The van der Waals surface area contributed by atoms with E-state index in [1.165, 1.54) is 0 Å². The molecule has 1 atom stereocenters. The van der Waals surface area contributed by atoms with E-state index in [0.29, 0.717) is 12.2 Å². The number of rotatable bonds is 6. The quantitative estimate of drug-likeness (QED) is 0.724. The number of carbonyl (C=O) groups excluding carboxylic acids is 1. The summed E-state index contributed by atoms with van der Waals surface area (Å²) in [5, 5.41) is 0. The molecule has 98 valence electrons. The fourth-order valence-electron chi connectivity index (χ4n) is 1.74. The molecule has 1 fully saturated rings. The van der Waals surface area contributed by atoms with Gasteiger partial charge in [-0.1, -0.05) is 0 Å². The van der Waals surface area contributed by atoms with Crippen molar-refractivity contribution < 1.29 is 14.3 Å². The number of nitrogens with zero attached hydrogens (tertiary/aromatic N) is 1. The van der Waals surface area contributed by atoms with E-state index in [1.807, 2.05) is 38.1 Å². The number of hydrogen-bond acceptors (Lipinski definition) is 3. The molecule has 0 N–H and O–H groups in total. The Balaban J connectivity index is 1.94. The summed E-state index contributed by atoms with van der Waals surface area (Å²) in [6.07, 6.45) is 0.252. The summed E-state index contributed by atoms with van der Waals surface area (Å²) in [6, 6.07) is 7.28. The molecule has 1 aliphatic rings.